The molecule has 2 aromatic rings. The van der Waals surface area contributed by atoms with Crippen molar-refractivity contribution in [2.75, 3.05) is 11.1 Å². The lowest BCUT2D eigenvalue weighted by Crippen LogP contribution is -2.13. The first-order valence-corrected chi connectivity index (χ1v) is 6.46. The van der Waals surface area contributed by atoms with E-state index in [1.807, 2.05) is 0 Å². The summed E-state index contributed by atoms with van der Waals surface area (Å²) in [4.78, 5) is 12.1. The highest BCUT2D eigenvalue weighted by Crippen LogP contribution is 2.25. The lowest BCUT2D eigenvalue weighted by atomic mass is 10.2. The summed E-state index contributed by atoms with van der Waals surface area (Å²) in [6.45, 7) is 0. The second-order valence-corrected chi connectivity index (χ2v) is 5.08. The average Bonchev–Trinajstić information content (AvgIpc) is 2.36. The molecule has 0 aliphatic rings. The van der Waals surface area contributed by atoms with Crippen molar-refractivity contribution in [2.45, 2.75) is 0 Å². The molecule has 0 radical (unpaired) electrons. The molecule has 6 heteroatoms. The van der Waals surface area contributed by atoms with Gasteiger partial charge < -0.3 is 11.1 Å². The zero-order valence-electron chi connectivity index (χ0n) is 9.58. The fourth-order valence-electron chi connectivity index (χ4n) is 1.50. The van der Waals surface area contributed by atoms with Gasteiger partial charge in [0.2, 0.25) is 0 Å². The molecule has 0 fully saturated rings. The number of nitrogen functional groups attached to an aromatic ring is 1. The van der Waals surface area contributed by atoms with Gasteiger partial charge in [-0.3, -0.25) is 4.79 Å². The molecule has 0 atom stereocenters. The molecule has 0 unspecified atom stereocenters. The van der Waals surface area contributed by atoms with Crippen LogP contribution in [0, 0.1) is 5.82 Å². The number of nitrogens with one attached hydrogen (secondary N) is 1. The van der Waals surface area contributed by atoms with Crippen molar-refractivity contribution in [2.24, 2.45) is 0 Å². The van der Waals surface area contributed by atoms with Crippen molar-refractivity contribution in [3.8, 4) is 0 Å². The molecule has 0 bridgehead atoms. The molecular weight excluding hydrogens is 335 g/mol. The summed E-state index contributed by atoms with van der Waals surface area (Å²) in [6.07, 6.45) is 0. The molecule has 3 N–H and O–H groups in total. The van der Waals surface area contributed by atoms with Crippen LogP contribution in [0.15, 0.2) is 40.9 Å². The summed E-state index contributed by atoms with van der Waals surface area (Å²) < 4.78 is 13.7. The topological polar surface area (TPSA) is 55.1 Å². The Balaban J connectivity index is 2.30. The van der Waals surface area contributed by atoms with Crippen molar-refractivity contribution in [3.63, 3.8) is 0 Å². The van der Waals surface area contributed by atoms with E-state index in [9.17, 15) is 9.18 Å². The van der Waals surface area contributed by atoms with Crippen LogP contribution in [0.2, 0.25) is 5.02 Å². The first kappa shape index (κ1) is 13.8. The summed E-state index contributed by atoms with van der Waals surface area (Å²) in [5, 5.41) is 2.80. The van der Waals surface area contributed by atoms with Crippen LogP contribution in [-0.2, 0) is 0 Å². The van der Waals surface area contributed by atoms with E-state index in [4.69, 9.17) is 17.3 Å². The molecule has 2 rings (SSSR count). The summed E-state index contributed by atoms with van der Waals surface area (Å²) in [7, 11) is 0. The number of anilines is 2. The van der Waals surface area contributed by atoms with E-state index in [0.717, 1.165) is 6.07 Å². The minimum absolute atomic E-state index is 0.209. The fraction of sp³-hybridized carbons (Fsp3) is 0. The monoisotopic (exact) mass is 342 g/mol. The minimum Gasteiger partial charge on any atom is -0.399 e. The molecule has 19 heavy (non-hydrogen) atoms. The molecule has 1 amide bonds. The Labute approximate surface area is 122 Å². The Bertz CT molecular complexity index is 649. The van der Waals surface area contributed by atoms with Crippen LogP contribution in [0.3, 0.4) is 0 Å². The summed E-state index contributed by atoms with van der Waals surface area (Å²) in [5.74, 6) is -0.905. The van der Waals surface area contributed by atoms with Gasteiger partial charge in [0, 0.05) is 10.2 Å². The van der Waals surface area contributed by atoms with Crippen LogP contribution in [0.25, 0.3) is 0 Å². The average molecular weight is 344 g/mol. The third-order valence-electron chi connectivity index (χ3n) is 2.41. The molecular formula is C13H9BrClFN2O. The fourth-order valence-corrected chi connectivity index (χ4v) is 2.09. The number of carbonyl (C=O) groups is 1. The summed E-state index contributed by atoms with van der Waals surface area (Å²) in [6, 6.07) is 8.59. The number of carbonyl (C=O) groups excluding carboxylic acids is 1. The van der Waals surface area contributed by atoms with Gasteiger partial charge in [0.25, 0.3) is 5.91 Å². The van der Waals surface area contributed by atoms with Gasteiger partial charge in [0.05, 0.1) is 16.3 Å². The maximum atomic E-state index is 13.1. The summed E-state index contributed by atoms with van der Waals surface area (Å²) >= 11 is 9.13. The minimum atomic E-state index is -0.480. The Hall–Kier alpha value is -1.59. The van der Waals surface area contributed by atoms with Crippen LogP contribution < -0.4 is 11.1 Å². The van der Waals surface area contributed by atoms with Gasteiger partial charge >= 0.3 is 0 Å². The van der Waals surface area contributed by atoms with E-state index in [-0.39, 0.29) is 10.7 Å². The second-order valence-electron chi connectivity index (χ2n) is 3.82. The highest BCUT2D eigenvalue weighted by molar-refractivity contribution is 9.10. The second kappa shape index (κ2) is 5.59. The molecule has 98 valence electrons. The Kier molecular flexibility index (Phi) is 4.07. The first-order valence-electron chi connectivity index (χ1n) is 5.29. The van der Waals surface area contributed by atoms with Gasteiger partial charge in [-0.25, -0.2) is 4.39 Å². The Morgan fingerprint density at radius 3 is 2.74 bits per heavy atom. The lowest BCUT2D eigenvalue weighted by molar-refractivity contribution is 0.102. The number of amides is 1. The standard InChI is InChI=1S/C13H9BrClFN2O/c14-10-3-2-8(17)6-9(10)13(19)18-12-5-7(16)1-4-11(12)15/h1-6H,17H2,(H,18,19). The van der Waals surface area contributed by atoms with E-state index in [2.05, 4.69) is 21.2 Å². The van der Waals surface area contributed by atoms with E-state index < -0.39 is 11.7 Å². The van der Waals surface area contributed by atoms with Gasteiger partial charge in [-0.2, -0.15) is 0 Å². The molecule has 0 aliphatic heterocycles. The van der Waals surface area contributed by atoms with Crippen LogP contribution in [-0.4, -0.2) is 5.91 Å². The zero-order valence-corrected chi connectivity index (χ0v) is 11.9. The number of benzene rings is 2. The third-order valence-corrected chi connectivity index (χ3v) is 3.43. The van der Waals surface area contributed by atoms with E-state index >= 15 is 0 Å². The van der Waals surface area contributed by atoms with Crippen molar-refractivity contribution >= 4 is 44.8 Å². The van der Waals surface area contributed by atoms with Gasteiger partial charge in [0.15, 0.2) is 0 Å². The smallest absolute Gasteiger partial charge is 0.256 e. The van der Waals surface area contributed by atoms with Gasteiger partial charge in [-0.1, -0.05) is 11.6 Å². The molecule has 3 nitrogen and oxygen atoms in total. The third kappa shape index (κ3) is 3.24. The Morgan fingerprint density at radius 2 is 2.00 bits per heavy atom. The largest absolute Gasteiger partial charge is 0.399 e. The predicted octanol–water partition coefficient (Wildman–Crippen LogP) is 4.08. The Morgan fingerprint density at radius 1 is 1.26 bits per heavy atom. The van der Waals surface area contributed by atoms with E-state index in [1.54, 1.807) is 12.1 Å². The van der Waals surface area contributed by atoms with Crippen molar-refractivity contribution in [1.82, 2.24) is 0 Å². The quantitative estimate of drug-likeness (QED) is 0.807. The van der Waals surface area contributed by atoms with Crippen LogP contribution in [0.4, 0.5) is 15.8 Å². The maximum absolute atomic E-state index is 13.1. The first-order chi connectivity index (χ1) is 8.97. The summed E-state index contributed by atoms with van der Waals surface area (Å²) in [5.41, 5.74) is 6.64. The highest BCUT2D eigenvalue weighted by Gasteiger charge is 2.12. The SMILES string of the molecule is Nc1ccc(Br)c(C(=O)Nc2cc(F)ccc2Cl)c1. The number of hydrogen-bond donors (Lipinski definition) is 2. The normalized spacial score (nSPS) is 10.3. The van der Waals surface area contributed by atoms with Gasteiger partial charge in [-0.05, 0) is 52.3 Å². The molecule has 0 aliphatic carbocycles. The van der Waals surface area contributed by atoms with Gasteiger partial charge in [0.1, 0.15) is 5.82 Å². The molecule has 0 aromatic heterocycles. The van der Waals surface area contributed by atoms with E-state index in [1.165, 1.54) is 18.2 Å². The van der Waals surface area contributed by atoms with Crippen LogP contribution in [0.1, 0.15) is 10.4 Å². The number of rotatable bonds is 2. The van der Waals surface area contributed by atoms with Crippen LogP contribution >= 0.6 is 27.5 Å². The molecule has 0 spiro atoms. The molecule has 2 aromatic carbocycles. The van der Waals surface area contributed by atoms with Crippen molar-refractivity contribution < 1.29 is 9.18 Å². The maximum Gasteiger partial charge on any atom is 0.256 e. The van der Waals surface area contributed by atoms with Crippen molar-refractivity contribution in [1.29, 1.82) is 0 Å². The number of hydrogen-bond acceptors (Lipinski definition) is 2. The molecule has 0 heterocycles. The van der Waals surface area contributed by atoms with Crippen molar-refractivity contribution in [3.05, 3.63) is 57.3 Å². The predicted molar refractivity (Wildman–Crippen MR) is 77.9 cm³/mol. The van der Waals surface area contributed by atoms with Crippen LogP contribution in [0.5, 0.6) is 0 Å². The van der Waals surface area contributed by atoms with Gasteiger partial charge in [-0.15, -0.1) is 0 Å². The zero-order chi connectivity index (χ0) is 14.0. The van der Waals surface area contributed by atoms with E-state index in [0.29, 0.717) is 15.7 Å². The number of nitrogens with two attached hydrogens (primary N) is 1. The molecule has 0 saturated heterocycles. The molecule has 0 saturated carbocycles. The lowest BCUT2D eigenvalue weighted by Gasteiger charge is -2.09. The number of halogens is 3. The highest BCUT2D eigenvalue weighted by atomic mass is 79.9.